The second-order valence-corrected chi connectivity index (χ2v) is 12.5. The van der Waals surface area contributed by atoms with Gasteiger partial charge in [-0.1, -0.05) is 65.4 Å². The largest absolute Gasteiger partial charge is 0.494 e. The summed E-state index contributed by atoms with van der Waals surface area (Å²) in [5, 5.41) is 9.90. The molecule has 5 rings (SSSR count). The molecule has 230 valence electrons. The third-order valence-corrected chi connectivity index (χ3v) is 9.28. The van der Waals surface area contributed by atoms with Crippen LogP contribution in [0.15, 0.2) is 65.6 Å². The van der Waals surface area contributed by atoms with Crippen molar-refractivity contribution in [3.05, 3.63) is 86.7 Å². The van der Waals surface area contributed by atoms with Crippen LogP contribution in [0.25, 0.3) is 17.2 Å². The number of nitrogens with zero attached hydrogens (tertiary/aromatic N) is 2. The van der Waals surface area contributed by atoms with Gasteiger partial charge >= 0.3 is 5.97 Å². The molecule has 3 aromatic carbocycles. The lowest BCUT2D eigenvalue weighted by Crippen LogP contribution is -2.38. The number of halogens is 2. The number of carboxylic acid groups (broad SMARTS) is 1. The number of ether oxygens (including phenoxy) is 3. The van der Waals surface area contributed by atoms with E-state index in [4.69, 9.17) is 54.7 Å². The van der Waals surface area contributed by atoms with Gasteiger partial charge in [0.1, 0.15) is 22.4 Å². The van der Waals surface area contributed by atoms with E-state index in [2.05, 4.69) is 4.90 Å². The SMILES string of the molecule is O=C(O)c1ccc(OCCCN2C(=O)C(=Cc3ccc(OCCN4CCOCC4)c(-c4cccc(Cl)c4Cl)c3)SC2=S)cc1. The number of thioether (sulfide) groups is 1. The number of hydrogen-bond donors (Lipinski definition) is 1. The van der Waals surface area contributed by atoms with Gasteiger partial charge in [-0.3, -0.25) is 14.6 Å². The first-order chi connectivity index (χ1) is 21.3. The second kappa shape index (κ2) is 15.2. The van der Waals surface area contributed by atoms with E-state index in [-0.39, 0.29) is 11.5 Å². The summed E-state index contributed by atoms with van der Waals surface area (Å²) in [6.45, 7) is 5.23. The summed E-state index contributed by atoms with van der Waals surface area (Å²) in [5.41, 5.74) is 2.50. The lowest BCUT2D eigenvalue weighted by Gasteiger charge is -2.26. The molecule has 0 spiro atoms. The van der Waals surface area contributed by atoms with Gasteiger partial charge < -0.3 is 19.3 Å². The Hall–Kier alpha value is -3.12. The van der Waals surface area contributed by atoms with Gasteiger partial charge in [0, 0.05) is 37.3 Å². The maximum absolute atomic E-state index is 13.3. The van der Waals surface area contributed by atoms with Crippen LogP contribution in [0.3, 0.4) is 0 Å². The Morgan fingerprint density at radius 3 is 2.52 bits per heavy atom. The second-order valence-electron chi connectivity index (χ2n) is 10.0. The van der Waals surface area contributed by atoms with E-state index in [9.17, 15) is 9.59 Å². The van der Waals surface area contributed by atoms with E-state index in [0.29, 0.717) is 56.9 Å². The van der Waals surface area contributed by atoms with Crippen molar-refractivity contribution in [2.45, 2.75) is 6.42 Å². The molecule has 1 N–H and O–H groups in total. The van der Waals surface area contributed by atoms with Crippen LogP contribution in [0.5, 0.6) is 11.5 Å². The molecule has 2 aliphatic rings. The first-order valence-corrected chi connectivity index (χ1v) is 16.0. The molecule has 44 heavy (non-hydrogen) atoms. The molecule has 2 fully saturated rings. The number of benzene rings is 3. The van der Waals surface area contributed by atoms with E-state index in [1.54, 1.807) is 23.1 Å². The fourth-order valence-corrected chi connectivity index (χ4v) is 6.46. The molecule has 0 aliphatic carbocycles. The smallest absolute Gasteiger partial charge is 0.335 e. The molecule has 0 radical (unpaired) electrons. The van der Waals surface area contributed by atoms with Gasteiger partial charge in [0.2, 0.25) is 0 Å². The highest BCUT2D eigenvalue weighted by molar-refractivity contribution is 8.26. The molecule has 2 saturated heterocycles. The van der Waals surface area contributed by atoms with Crippen LogP contribution in [0.2, 0.25) is 10.0 Å². The monoisotopic (exact) mass is 672 g/mol. The van der Waals surface area contributed by atoms with Crippen LogP contribution in [0.4, 0.5) is 0 Å². The number of rotatable bonds is 12. The van der Waals surface area contributed by atoms with Gasteiger partial charge in [0.05, 0.1) is 40.3 Å². The van der Waals surface area contributed by atoms with Crippen molar-refractivity contribution in [2.75, 3.05) is 52.6 Å². The molecular formula is C32H30Cl2N2O6S2. The number of amides is 1. The van der Waals surface area contributed by atoms with E-state index >= 15 is 0 Å². The zero-order chi connectivity index (χ0) is 31.1. The number of morpholine rings is 1. The number of carboxylic acids is 1. The third-order valence-electron chi connectivity index (χ3n) is 7.08. The lowest BCUT2D eigenvalue weighted by atomic mass is 10.0. The Labute approximate surface area is 275 Å². The highest BCUT2D eigenvalue weighted by Crippen LogP contribution is 2.40. The average molecular weight is 674 g/mol. The van der Waals surface area contributed by atoms with Crippen molar-refractivity contribution in [1.82, 2.24) is 9.80 Å². The zero-order valence-corrected chi connectivity index (χ0v) is 26.8. The molecule has 3 aromatic rings. The topological polar surface area (TPSA) is 88.5 Å². The van der Waals surface area contributed by atoms with Crippen LogP contribution in [0, 0.1) is 0 Å². The molecule has 2 aliphatic heterocycles. The van der Waals surface area contributed by atoms with Crippen LogP contribution in [0.1, 0.15) is 22.3 Å². The molecule has 0 aromatic heterocycles. The summed E-state index contributed by atoms with van der Waals surface area (Å²) in [6, 6.07) is 17.4. The molecule has 0 atom stereocenters. The molecule has 8 nitrogen and oxygen atoms in total. The highest BCUT2D eigenvalue weighted by atomic mass is 35.5. The first-order valence-electron chi connectivity index (χ1n) is 14.0. The van der Waals surface area contributed by atoms with Gasteiger partial charge in [-0.15, -0.1) is 0 Å². The number of carbonyl (C=O) groups is 2. The van der Waals surface area contributed by atoms with Crippen molar-refractivity contribution in [1.29, 1.82) is 0 Å². The normalized spacial score (nSPS) is 16.5. The minimum atomic E-state index is -0.993. The Kier molecular flexibility index (Phi) is 11.2. The number of aromatic carboxylic acids is 1. The van der Waals surface area contributed by atoms with Gasteiger partial charge in [-0.2, -0.15) is 0 Å². The summed E-state index contributed by atoms with van der Waals surface area (Å²) >= 11 is 19.7. The van der Waals surface area contributed by atoms with Crippen LogP contribution >= 0.6 is 47.2 Å². The minimum absolute atomic E-state index is 0.168. The van der Waals surface area contributed by atoms with Crippen molar-refractivity contribution >= 4 is 69.5 Å². The predicted octanol–water partition coefficient (Wildman–Crippen LogP) is 6.74. The molecular weight excluding hydrogens is 643 g/mol. The summed E-state index contributed by atoms with van der Waals surface area (Å²) in [4.78, 5) is 28.7. The first kappa shape index (κ1) is 32.3. The van der Waals surface area contributed by atoms with E-state index < -0.39 is 5.97 Å². The van der Waals surface area contributed by atoms with Gasteiger partial charge in [0.25, 0.3) is 5.91 Å². The molecule has 0 unspecified atom stereocenters. The summed E-state index contributed by atoms with van der Waals surface area (Å²) in [7, 11) is 0. The highest BCUT2D eigenvalue weighted by Gasteiger charge is 2.31. The molecule has 12 heteroatoms. The maximum atomic E-state index is 13.3. The van der Waals surface area contributed by atoms with Crippen molar-refractivity contribution < 1.29 is 28.9 Å². The standard InChI is InChI=1S/C32H30Cl2N2O6S2/c33-26-4-1-3-24(29(26)34)25-19-21(5-10-27(25)42-18-14-35-12-16-40-17-13-35)20-28-30(37)36(32(43)44-28)11-2-15-41-23-8-6-22(7-9-23)31(38)39/h1,3-10,19-20H,2,11-18H2,(H,38,39). The van der Waals surface area contributed by atoms with Crippen LogP contribution in [-0.4, -0.2) is 83.7 Å². The Balaban J connectivity index is 1.26. The van der Waals surface area contributed by atoms with Crippen molar-refractivity contribution in [3.63, 3.8) is 0 Å². The van der Waals surface area contributed by atoms with E-state index in [0.717, 1.165) is 49.5 Å². The maximum Gasteiger partial charge on any atom is 0.335 e. The van der Waals surface area contributed by atoms with Gasteiger partial charge in [0.15, 0.2) is 0 Å². The quantitative estimate of drug-likeness (QED) is 0.128. The summed E-state index contributed by atoms with van der Waals surface area (Å²) in [6.07, 6.45) is 2.37. The number of hydrogen-bond acceptors (Lipinski definition) is 8. The third kappa shape index (κ3) is 8.12. The Morgan fingerprint density at radius 1 is 1.00 bits per heavy atom. The number of carbonyl (C=O) groups excluding carboxylic acids is 1. The van der Waals surface area contributed by atoms with Gasteiger partial charge in [-0.05, 0) is 60.5 Å². The average Bonchev–Trinajstić information content (AvgIpc) is 3.29. The van der Waals surface area contributed by atoms with E-state index in [1.807, 2.05) is 36.4 Å². The minimum Gasteiger partial charge on any atom is -0.494 e. The fourth-order valence-electron chi connectivity index (χ4n) is 4.75. The molecule has 0 saturated carbocycles. The number of thiocarbonyl (C=S) groups is 1. The van der Waals surface area contributed by atoms with Crippen LogP contribution in [-0.2, 0) is 9.53 Å². The molecule has 0 bridgehead atoms. The van der Waals surface area contributed by atoms with Crippen molar-refractivity contribution in [3.8, 4) is 22.6 Å². The zero-order valence-electron chi connectivity index (χ0n) is 23.7. The van der Waals surface area contributed by atoms with Crippen molar-refractivity contribution in [2.24, 2.45) is 0 Å². The lowest BCUT2D eigenvalue weighted by molar-refractivity contribution is -0.122. The fraction of sp³-hybridized carbons (Fsp3) is 0.281. The Morgan fingerprint density at radius 2 is 1.77 bits per heavy atom. The Bertz CT molecular complexity index is 1560. The van der Waals surface area contributed by atoms with Crippen LogP contribution < -0.4 is 9.47 Å². The molecule has 2 heterocycles. The summed E-state index contributed by atoms with van der Waals surface area (Å²) in [5.74, 6) is 0.0698. The summed E-state index contributed by atoms with van der Waals surface area (Å²) < 4.78 is 17.8. The molecule has 1 amide bonds. The van der Waals surface area contributed by atoms with Gasteiger partial charge in [-0.25, -0.2) is 4.79 Å². The predicted molar refractivity (Wildman–Crippen MR) is 178 cm³/mol. The van der Waals surface area contributed by atoms with E-state index in [1.165, 1.54) is 23.9 Å².